The van der Waals surface area contributed by atoms with E-state index in [2.05, 4.69) is 10.6 Å². The zero-order chi connectivity index (χ0) is 18.4. The lowest BCUT2D eigenvalue weighted by molar-refractivity contribution is -0.127. The van der Waals surface area contributed by atoms with Crippen LogP contribution in [0.3, 0.4) is 0 Å². The summed E-state index contributed by atoms with van der Waals surface area (Å²) in [4.78, 5) is 26.0. The zero-order valence-electron chi connectivity index (χ0n) is 14.8. The van der Waals surface area contributed by atoms with Crippen LogP contribution in [0.25, 0.3) is 0 Å². The van der Waals surface area contributed by atoms with Gasteiger partial charge in [-0.1, -0.05) is 30.3 Å². The van der Waals surface area contributed by atoms with Gasteiger partial charge in [0.25, 0.3) is 0 Å². The molecule has 0 saturated carbocycles. The van der Waals surface area contributed by atoms with Gasteiger partial charge in [0.1, 0.15) is 5.75 Å². The van der Waals surface area contributed by atoms with Crippen molar-refractivity contribution in [2.24, 2.45) is 0 Å². The molecule has 1 aliphatic heterocycles. The molecular weight excluding hydrogens is 330 g/mol. The molecule has 2 aromatic rings. The first-order valence-corrected chi connectivity index (χ1v) is 8.67. The average molecular weight is 353 g/mol. The summed E-state index contributed by atoms with van der Waals surface area (Å²) < 4.78 is 5.15. The fourth-order valence-electron chi connectivity index (χ4n) is 3.02. The number of carbonyl (C=O) groups is 2. The minimum absolute atomic E-state index is 0.0727. The number of ether oxygens (including phenoxy) is 1. The number of urea groups is 1. The first-order valence-electron chi connectivity index (χ1n) is 8.67. The van der Waals surface area contributed by atoms with Crippen LogP contribution in [-0.2, 0) is 11.2 Å². The van der Waals surface area contributed by atoms with Crippen molar-refractivity contribution in [1.29, 1.82) is 0 Å². The van der Waals surface area contributed by atoms with Crippen molar-refractivity contribution in [1.82, 2.24) is 10.2 Å². The van der Waals surface area contributed by atoms with Crippen molar-refractivity contribution in [3.05, 3.63) is 60.2 Å². The number of amides is 3. The van der Waals surface area contributed by atoms with Gasteiger partial charge < -0.3 is 20.3 Å². The molecule has 1 saturated heterocycles. The Balaban J connectivity index is 1.46. The lowest BCUT2D eigenvalue weighted by Gasteiger charge is -2.17. The molecule has 3 rings (SSSR count). The third kappa shape index (κ3) is 4.75. The van der Waals surface area contributed by atoms with Gasteiger partial charge in [0.15, 0.2) is 0 Å². The number of likely N-dealkylation sites (tertiary alicyclic amines) is 1. The summed E-state index contributed by atoms with van der Waals surface area (Å²) in [6, 6.07) is 16.6. The van der Waals surface area contributed by atoms with Crippen LogP contribution in [0.2, 0.25) is 0 Å². The molecule has 0 aromatic heterocycles. The van der Waals surface area contributed by atoms with Gasteiger partial charge in [0.2, 0.25) is 5.91 Å². The number of para-hydroxylation sites is 1. The number of rotatable bonds is 6. The highest BCUT2D eigenvalue weighted by Gasteiger charge is 2.30. The smallest absolute Gasteiger partial charge is 0.319 e. The Bertz CT molecular complexity index is 747. The van der Waals surface area contributed by atoms with E-state index in [-0.39, 0.29) is 18.0 Å². The van der Waals surface area contributed by atoms with Gasteiger partial charge in [-0.15, -0.1) is 0 Å². The topological polar surface area (TPSA) is 70.7 Å². The second-order valence-electron chi connectivity index (χ2n) is 6.30. The number of nitrogens with zero attached hydrogens (tertiary/aromatic N) is 1. The van der Waals surface area contributed by atoms with Crippen LogP contribution in [0.4, 0.5) is 10.5 Å². The molecule has 0 aliphatic carbocycles. The van der Waals surface area contributed by atoms with Crippen molar-refractivity contribution in [2.45, 2.75) is 18.9 Å². The van der Waals surface area contributed by atoms with Crippen LogP contribution in [0.15, 0.2) is 54.6 Å². The summed E-state index contributed by atoms with van der Waals surface area (Å²) in [5.74, 6) is 0.892. The van der Waals surface area contributed by atoms with E-state index in [9.17, 15) is 9.59 Å². The summed E-state index contributed by atoms with van der Waals surface area (Å²) >= 11 is 0. The van der Waals surface area contributed by atoms with Crippen LogP contribution in [0, 0.1) is 0 Å². The predicted octanol–water partition coefficient (Wildman–Crippen LogP) is 2.66. The summed E-state index contributed by atoms with van der Waals surface area (Å²) in [6.45, 7) is 1.18. The molecule has 1 fully saturated rings. The molecule has 1 unspecified atom stereocenters. The highest BCUT2D eigenvalue weighted by molar-refractivity contribution is 5.90. The van der Waals surface area contributed by atoms with E-state index in [1.54, 1.807) is 12.0 Å². The molecule has 1 atom stereocenters. The minimum Gasteiger partial charge on any atom is -0.497 e. The summed E-state index contributed by atoms with van der Waals surface area (Å²) in [6.07, 6.45) is 1.11. The lowest BCUT2D eigenvalue weighted by atomic mass is 10.1. The third-order valence-corrected chi connectivity index (χ3v) is 4.41. The molecule has 2 N–H and O–H groups in total. The SMILES string of the molecule is COc1ccc(CCN2CC(NC(=O)Nc3ccccc3)CC2=O)cc1. The van der Waals surface area contributed by atoms with Crippen LogP contribution in [-0.4, -0.2) is 43.1 Å². The first-order chi connectivity index (χ1) is 12.6. The molecule has 26 heavy (non-hydrogen) atoms. The standard InChI is InChI=1S/C20H23N3O3/c1-26-18-9-7-15(8-10-18)11-12-23-14-17(13-19(23)24)22-20(25)21-16-5-3-2-4-6-16/h2-10,17H,11-14H2,1H3,(H2,21,22,25). The van der Waals surface area contributed by atoms with Crippen LogP contribution < -0.4 is 15.4 Å². The van der Waals surface area contributed by atoms with E-state index in [4.69, 9.17) is 4.74 Å². The van der Waals surface area contributed by atoms with Gasteiger partial charge in [-0.25, -0.2) is 4.79 Å². The maximum absolute atomic E-state index is 12.2. The Kier molecular flexibility index (Phi) is 5.73. The van der Waals surface area contributed by atoms with Gasteiger partial charge in [0, 0.05) is 25.2 Å². The number of benzene rings is 2. The van der Waals surface area contributed by atoms with Gasteiger partial charge >= 0.3 is 6.03 Å². The molecule has 1 heterocycles. The molecule has 3 amide bonds. The molecule has 2 aromatic carbocycles. The third-order valence-electron chi connectivity index (χ3n) is 4.41. The first kappa shape index (κ1) is 17.8. The van der Waals surface area contributed by atoms with Gasteiger partial charge in [0.05, 0.1) is 13.2 Å². The van der Waals surface area contributed by atoms with E-state index in [0.29, 0.717) is 19.5 Å². The van der Waals surface area contributed by atoms with Crippen molar-refractivity contribution < 1.29 is 14.3 Å². The maximum atomic E-state index is 12.2. The average Bonchev–Trinajstić information content (AvgIpc) is 3.00. The Labute approximate surface area is 153 Å². The van der Waals surface area contributed by atoms with E-state index < -0.39 is 0 Å². The van der Waals surface area contributed by atoms with E-state index in [1.807, 2.05) is 54.6 Å². The second kappa shape index (κ2) is 8.38. The molecular formula is C20H23N3O3. The fraction of sp³-hybridized carbons (Fsp3) is 0.300. The Morgan fingerprint density at radius 1 is 1.15 bits per heavy atom. The number of anilines is 1. The van der Waals surface area contributed by atoms with Gasteiger partial charge in [-0.05, 0) is 36.2 Å². The fourth-order valence-corrected chi connectivity index (χ4v) is 3.02. The monoisotopic (exact) mass is 353 g/mol. The minimum atomic E-state index is -0.286. The number of hydrogen-bond donors (Lipinski definition) is 2. The number of hydrogen-bond acceptors (Lipinski definition) is 3. The Morgan fingerprint density at radius 2 is 1.88 bits per heavy atom. The molecule has 0 radical (unpaired) electrons. The largest absolute Gasteiger partial charge is 0.497 e. The summed E-state index contributed by atoms with van der Waals surface area (Å²) in [7, 11) is 1.64. The summed E-state index contributed by atoms with van der Waals surface area (Å²) in [5.41, 5.74) is 1.88. The number of nitrogens with one attached hydrogen (secondary N) is 2. The van der Waals surface area contributed by atoms with E-state index in [1.165, 1.54) is 0 Å². The maximum Gasteiger partial charge on any atom is 0.319 e. The molecule has 6 heteroatoms. The van der Waals surface area contributed by atoms with Gasteiger partial charge in [-0.2, -0.15) is 0 Å². The predicted molar refractivity (Wildman–Crippen MR) is 100 cm³/mol. The van der Waals surface area contributed by atoms with Crippen molar-refractivity contribution >= 4 is 17.6 Å². The van der Waals surface area contributed by atoms with Gasteiger partial charge in [-0.3, -0.25) is 4.79 Å². The van der Waals surface area contributed by atoms with Crippen LogP contribution >= 0.6 is 0 Å². The van der Waals surface area contributed by atoms with Crippen molar-refractivity contribution in [3.63, 3.8) is 0 Å². The Morgan fingerprint density at radius 3 is 2.58 bits per heavy atom. The zero-order valence-corrected chi connectivity index (χ0v) is 14.8. The number of carbonyl (C=O) groups excluding carboxylic acids is 2. The summed E-state index contributed by atoms with van der Waals surface area (Å²) in [5, 5.41) is 5.65. The quantitative estimate of drug-likeness (QED) is 0.839. The Hall–Kier alpha value is -3.02. The van der Waals surface area contributed by atoms with Crippen LogP contribution in [0.1, 0.15) is 12.0 Å². The van der Waals surface area contributed by atoms with Crippen LogP contribution in [0.5, 0.6) is 5.75 Å². The molecule has 136 valence electrons. The highest BCUT2D eigenvalue weighted by atomic mass is 16.5. The number of methoxy groups -OCH3 is 1. The van der Waals surface area contributed by atoms with E-state index >= 15 is 0 Å². The lowest BCUT2D eigenvalue weighted by Crippen LogP contribution is -2.40. The molecule has 1 aliphatic rings. The van der Waals surface area contributed by atoms with E-state index in [0.717, 1.165) is 23.4 Å². The molecule has 6 nitrogen and oxygen atoms in total. The highest BCUT2D eigenvalue weighted by Crippen LogP contribution is 2.15. The second-order valence-corrected chi connectivity index (χ2v) is 6.30. The van der Waals surface area contributed by atoms with Crippen molar-refractivity contribution in [3.8, 4) is 5.75 Å². The van der Waals surface area contributed by atoms with Crippen molar-refractivity contribution in [2.75, 3.05) is 25.5 Å². The normalized spacial score (nSPS) is 16.4. The molecule has 0 spiro atoms. The molecule has 0 bridgehead atoms.